The van der Waals surface area contributed by atoms with E-state index in [0.29, 0.717) is 12.0 Å². The first-order chi connectivity index (χ1) is 6.86. The summed E-state index contributed by atoms with van der Waals surface area (Å²) in [5.74, 6) is 0.339. The summed E-state index contributed by atoms with van der Waals surface area (Å²) in [7, 11) is 0. The van der Waals surface area contributed by atoms with E-state index in [9.17, 15) is 4.39 Å². The van der Waals surface area contributed by atoms with Crippen LogP contribution in [0.15, 0.2) is 18.2 Å². The minimum atomic E-state index is -0.114. The van der Waals surface area contributed by atoms with Crippen LogP contribution in [0, 0.1) is 5.82 Å². The second kappa shape index (κ2) is 2.95. The molecule has 74 valence electrons. The summed E-state index contributed by atoms with van der Waals surface area (Å²) in [6, 6.07) is 5.79. The number of rotatable bonds is 0. The Balaban J connectivity index is 2.05. The molecule has 0 saturated carbocycles. The van der Waals surface area contributed by atoms with Crippen molar-refractivity contribution < 1.29 is 4.39 Å². The fourth-order valence-electron chi connectivity index (χ4n) is 2.55. The van der Waals surface area contributed by atoms with Crippen molar-refractivity contribution in [3.8, 4) is 0 Å². The van der Waals surface area contributed by atoms with E-state index in [1.807, 2.05) is 6.07 Å². The predicted molar refractivity (Wildman–Crippen MR) is 54.0 cm³/mol. The van der Waals surface area contributed by atoms with E-state index >= 15 is 0 Å². The molecule has 1 aromatic rings. The normalized spacial score (nSPS) is 29.2. The lowest BCUT2D eigenvalue weighted by Crippen LogP contribution is -2.38. The fraction of sp³-hybridized carbons (Fsp3) is 0.455. The van der Waals surface area contributed by atoms with Gasteiger partial charge in [0.25, 0.3) is 0 Å². The van der Waals surface area contributed by atoms with Gasteiger partial charge in [-0.15, -0.1) is 0 Å². The lowest BCUT2D eigenvalue weighted by atomic mass is 9.90. The van der Waals surface area contributed by atoms with Gasteiger partial charge >= 0.3 is 0 Å². The molecule has 2 aliphatic heterocycles. The molecular formula is C11H13FN2. The first kappa shape index (κ1) is 8.24. The molecule has 3 rings (SSSR count). The van der Waals surface area contributed by atoms with Gasteiger partial charge in [0.1, 0.15) is 5.82 Å². The van der Waals surface area contributed by atoms with Gasteiger partial charge in [-0.3, -0.25) is 0 Å². The molecule has 1 saturated heterocycles. The monoisotopic (exact) mass is 192 g/mol. The van der Waals surface area contributed by atoms with Gasteiger partial charge in [0.2, 0.25) is 0 Å². The largest absolute Gasteiger partial charge is 0.379 e. The molecule has 2 N–H and O–H groups in total. The highest BCUT2D eigenvalue weighted by atomic mass is 19.1. The van der Waals surface area contributed by atoms with E-state index in [0.717, 1.165) is 30.8 Å². The van der Waals surface area contributed by atoms with E-state index in [1.54, 1.807) is 6.07 Å². The van der Waals surface area contributed by atoms with E-state index in [4.69, 9.17) is 0 Å². The fourth-order valence-corrected chi connectivity index (χ4v) is 2.55. The Morgan fingerprint density at radius 1 is 1.36 bits per heavy atom. The Bertz CT molecular complexity index is 364. The predicted octanol–water partition coefficient (Wildman–Crippen LogP) is 1.70. The summed E-state index contributed by atoms with van der Waals surface area (Å²) < 4.78 is 13.4. The van der Waals surface area contributed by atoms with Crippen LogP contribution < -0.4 is 10.6 Å². The zero-order chi connectivity index (χ0) is 9.54. The maximum absolute atomic E-state index is 13.4. The van der Waals surface area contributed by atoms with Gasteiger partial charge < -0.3 is 10.6 Å². The van der Waals surface area contributed by atoms with Crippen molar-refractivity contribution in [1.82, 2.24) is 5.32 Å². The Kier molecular flexibility index (Phi) is 1.74. The topological polar surface area (TPSA) is 24.1 Å². The summed E-state index contributed by atoms with van der Waals surface area (Å²) in [6.07, 6.45) is 1.08. The number of para-hydroxylation sites is 1. The third kappa shape index (κ3) is 1.05. The standard InChI is InChI=1S/C11H13FN2/c12-9-3-1-2-7-8-6-13-5-4-10(8)14-11(7)9/h1-3,8,10,13-14H,4-6H2. The maximum atomic E-state index is 13.4. The molecule has 2 nitrogen and oxygen atoms in total. The van der Waals surface area contributed by atoms with Crippen molar-refractivity contribution in [3.05, 3.63) is 29.6 Å². The van der Waals surface area contributed by atoms with Crippen molar-refractivity contribution in [1.29, 1.82) is 0 Å². The lowest BCUT2D eigenvalue weighted by Gasteiger charge is -2.26. The molecule has 3 heteroatoms. The quantitative estimate of drug-likeness (QED) is 0.653. The number of fused-ring (bicyclic) bond motifs is 3. The smallest absolute Gasteiger partial charge is 0.146 e. The Morgan fingerprint density at radius 2 is 2.29 bits per heavy atom. The van der Waals surface area contributed by atoms with Crippen LogP contribution in [-0.4, -0.2) is 19.1 Å². The Hall–Kier alpha value is -1.09. The van der Waals surface area contributed by atoms with Crippen LogP contribution in [0.3, 0.4) is 0 Å². The van der Waals surface area contributed by atoms with E-state index in [1.165, 1.54) is 6.07 Å². The van der Waals surface area contributed by atoms with Crippen LogP contribution >= 0.6 is 0 Å². The third-order valence-corrected chi connectivity index (χ3v) is 3.26. The van der Waals surface area contributed by atoms with E-state index in [2.05, 4.69) is 10.6 Å². The average molecular weight is 192 g/mol. The third-order valence-electron chi connectivity index (χ3n) is 3.26. The van der Waals surface area contributed by atoms with Crippen molar-refractivity contribution in [2.24, 2.45) is 0 Å². The summed E-state index contributed by atoms with van der Waals surface area (Å²) in [5.41, 5.74) is 1.87. The first-order valence-electron chi connectivity index (χ1n) is 5.12. The summed E-state index contributed by atoms with van der Waals surface area (Å²) >= 11 is 0. The van der Waals surface area contributed by atoms with Crippen molar-refractivity contribution in [2.75, 3.05) is 18.4 Å². The number of anilines is 1. The van der Waals surface area contributed by atoms with Crippen LogP contribution in [-0.2, 0) is 0 Å². The SMILES string of the molecule is Fc1cccc2c1NC1CCNCC21. The molecule has 0 amide bonds. The number of hydrogen-bond donors (Lipinski definition) is 2. The minimum Gasteiger partial charge on any atom is -0.379 e. The van der Waals surface area contributed by atoms with Gasteiger partial charge in [0.05, 0.1) is 5.69 Å². The Morgan fingerprint density at radius 3 is 3.21 bits per heavy atom. The number of halogens is 1. The minimum absolute atomic E-state index is 0.114. The lowest BCUT2D eigenvalue weighted by molar-refractivity contribution is 0.440. The molecule has 2 heterocycles. The van der Waals surface area contributed by atoms with Gasteiger partial charge in [-0.2, -0.15) is 0 Å². The molecule has 0 bridgehead atoms. The molecule has 2 aliphatic rings. The van der Waals surface area contributed by atoms with Crippen LogP contribution in [0.5, 0.6) is 0 Å². The molecule has 0 aromatic heterocycles. The number of benzene rings is 1. The molecule has 2 atom stereocenters. The van der Waals surface area contributed by atoms with Crippen LogP contribution in [0.2, 0.25) is 0 Å². The average Bonchev–Trinajstić information content (AvgIpc) is 2.59. The van der Waals surface area contributed by atoms with E-state index < -0.39 is 0 Å². The zero-order valence-electron chi connectivity index (χ0n) is 7.89. The van der Waals surface area contributed by atoms with Gasteiger partial charge in [-0.1, -0.05) is 12.1 Å². The Labute approximate surface area is 82.5 Å². The first-order valence-corrected chi connectivity index (χ1v) is 5.12. The highest BCUT2D eigenvalue weighted by Crippen LogP contribution is 2.39. The zero-order valence-corrected chi connectivity index (χ0v) is 7.89. The molecular weight excluding hydrogens is 179 g/mol. The van der Waals surface area contributed by atoms with Gasteiger partial charge in [-0.05, 0) is 24.6 Å². The van der Waals surface area contributed by atoms with Crippen molar-refractivity contribution >= 4 is 5.69 Å². The van der Waals surface area contributed by atoms with Crippen molar-refractivity contribution in [2.45, 2.75) is 18.4 Å². The summed E-state index contributed by atoms with van der Waals surface area (Å²) in [4.78, 5) is 0. The van der Waals surface area contributed by atoms with Gasteiger partial charge in [0, 0.05) is 18.5 Å². The molecule has 1 aromatic carbocycles. The molecule has 0 spiro atoms. The highest BCUT2D eigenvalue weighted by molar-refractivity contribution is 5.60. The second-order valence-electron chi connectivity index (χ2n) is 4.05. The number of piperidine rings is 1. The van der Waals surface area contributed by atoms with E-state index in [-0.39, 0.29) is 5.82 Å². The molecule has 2 unspecified atom stereocenters. The van der Waals surface area contributed by atoms with Crippen molar-refractivity contribution in [3.63, 3.8) is 0 Å². The molecule has 1 fully saturated rings. The number of nitrogens with one attached hydrogen (secondary N) is 2. The molecule has 14 heavy (non-hydrogen) atoms. The van der Waals surface area contributed by atoms with Crippen LogP contribution in [0.1, 0.15) is 17.9 Å². The van der Waals surface area contributed by atoms with Gasteiger partial charge in [0.15, 0.2) is 0 Å². The highest BCUT2D eigenvalue weighted by Gasteiger charge is 2.34. The number of hydrogen-bond acceptors (Lipinski definition) is 2. The molecule has 0 radical (unpaired) electrons. The molecule has 0 aliphatic carbocycles. The van der Waals surface area contributed by atoms with Crippen LogP contribution in [0.4, 0.5) is 10.1 Å². The maximum Gasteiger partial charge on any atom is 0.146 e. The summed E-state index contributed by atoms with van der Waals surface area (Å²) in [5, 5.41) is 6.64. The van der Waals surface area contributed by atoms with Gasteiger partial charge in [-0.25, -0.2) is 4.39 Å². The summed E-state index contributed by atoms with van der Waals surface area (Å²) in [6.45, 7) is 2.00. The van der Waals surface area contributed by atoms with Crippen LogP contribution in [0.25, 0.3) is 0 Å². The second-order valence-corrected chi connectivity index (χ2v) is 4.05.